The molecule has 0 bridgehead atoms. The van der Waals surface area contributed by atoms with Gasteiger partial charge < -0.3 is 0 Å². The Labute approximate surface area is 107 Å². The number of nitrogens with one attached hydrogen (secondary N) is 1. The number of hydrogen-bond acceptors (Lipinski definition) is 3. The second-order valence-electron chi connectivity index (χ2n) is 4.60. The highest BCUT2D eigenvalue weighted by Gasteiger charge is 2.19. The lowest BCUT2D eigenvalue weighted by Crippen LogP contribution is -2.32. The first-order chi connectivity index (χ1) is 8.27. The minimum atomic E-state index is 0.248. The molecule has 2 atom stereocenters. The zero-order valence-electron chi connectivity index (χ0n) is 10.4. The van der Waals surface area contributed by atoms with Crippen molar-refractivity contribution in [2.75, 3.05) is 0 Å². The van der Waals surface area contributed by atoms with Gasteiger partial charge in [-0.05, 0) is 34.7 Å². The Balaban J connectivity index is 2.39. The molecule has 0 fully saturated rings. The maximum atomic E-state index is 5.75. The molecule has 1 heterocycles. The molecule has 2 aromatic rings. The lowest BCUT2D eigenvalue weighted by atomic mass is 9.91. The van der Waals surface area contributed by atoms with Gasteiger partial charge in [0.1, 0.15) is 0 Å². The van der Waals surface area contributed by atoms with E-state index < -0.39 is 0 Å². The van der Waals surface area contributed by atoms with E-state index >= 15 is 0 Å². The van der Waals surface area contributed by atoms with E-state index in [0.717, 1.165) is 0 Å². The third-order valence-corrected chi connectivity index (χ3v) is 4.32. The van der Waals surface area contributed by atoms with E-state index in [-0.39, 0.29) is 6.04 Å². The molecule has 17 heavy (non-hydrogen) atoms. The van der Waals surface area contributed by atoms with E-state index in [1.807, 2.05) is 0 Å². The number of hydrogen-bond donors (Lipinski definition) is 2. The molecule has 0 amide bonds. The first-order valence-corrected chi connectivity index (χ1v) is 7.08. The minimum Gasteiger partial charge on any atom is -0.271 e. The summed E-state index contributed by atoms with van der Waals surface area (Å²) in [7, 11) is 0. The zero-order valence-corrected chi connectivity index (χ0v) is 11.3. The molecule has 0 radical (unpaired) electrons. The van der Waals surface area contributed by atoms with Crippen molar-refractivity contribution < 1.29 is 0 Å². The molecule has 1 aromatic carbocycles. The van der Waals surface area contributed by atoms with E-state index in [2.05, 4.69) is 48.9 Å². The van der Waals surface area contributed by atoms with Crippen LogP contribution in [0.2, 0.25) is 0 Å². The fraction of sp³-hybridized carbons (Fsp3) is 0.429. The Morgan fingerprint density at radius 3 is 2.88 bits per heavy atom. The molecule has 0 saturated carbocycles. The zero-order chi connectivity index (χ0) is 12.3. The van der Waals surface area contributed by atoms with Gasteiger partial charge in [-0.1, -0.05) is 38.5 Å². The van der Waals surface area contributed by atoms with Gasteiger partial charge in [0.25, 0.3) is 0 Å². The summed E-state index contributed by atoms with van der Waals surface area (Å²) in [5.74, 6) is 6.30. The van der Waals surface area contributed by atoms with Crippen LogP contribution >= 0.6 is 11.3 Å². The normalized spacial score (nSPS) is 15.0. The van der Waals surface area contributed by atoms with Crippen LogP contribution in [0.15, 0.2) is 29.6 Å². The molecule has 0 aliphatic heterocycles. The van der Waals surface area contributed by atoms with Crippen LogP contribution in [0.1, 0.15) is 38.3 Å². The van der Waals surface area contributed by atoms with Crippen molar-refractivity contribution in [1.82, 2.24) is 5.43 Å². The van der Waals surface area contributed by atoms with E-state index in [4.69, 9.17) is 5.84 Å². The number of hydrazine groups is 1. The van der Waals surface area contributed by atoms with Crippen molar-refractivity contribution >= 4 is 21.4 Å². The first-order valence-electron chi connectivity index (χ1n) is 6.20. The molecular formula is C14H20N2S. The number of thiophene rings is 1. The van der Waals surface area contributed by atoms with E-state index in [0.29, 0.717) is 5.92 Å². The van der Waals surface area contributed by atoms with Crippen LogP contribution in [0, 0.1) is 5.92 Å². The summed E-state index contributed by atoms with van der Waals surface area (Å²) in [6.45, 7) is 4.48. The van der Waals surface area contributed by atoms with Gasteiger partial charge in [-0.15, -0.1) is 11.3 Å². The monoisotopic (exact) mass is 248 g/mol. The number of rotatable bonds is 5. The van der Waals surface area contributed by atoms with Crippen LogP contribution in [-0.4, -0.2) is 0 Å². The second-order valence-corrected chi connectivity index (χ2v) is 5.51. The van der Waals surface area contributed by atoms with E-state index in [9.17, 15) is 0 Å². The second kappa shape index (κ2) is 5.63. The maximum absolute atomic E-state index is 5.75. The van der Waals surface area contributed by atoms with Gasteiger partial charge in [0, 0.05) is 10.7 Å². The van der Waals surface area contributed by atoms with E-state index in [1.54, 1.807) is 11.3 Å². The molecule has 0 saturated heterocycles. The predicted octanol–water partition coefficient (Wildman–Crippen LogP) is 3.84. The van der Waals surface area contributed by atoms with Gasteiger partial charge in [-0.25, -0.2) is 0 Å². The third-order valence-electron chi connectivity index (χ3n) is 3.34. The number of benzene rings is 1. The molecular weight excluding hydrogens is 228 g/mol. The highest BCUT2D eigenvalue weighted by atomic mass is 32.1. The standard InChI is InChI=1S/C14H20N2S/c1-3-5-10(2)13(16-15)12-7-4-6-11-8-9-17-14(11)12/h4,6-10,13,16H,3,5,15H2,1-2H3. The average Bonchev–Trinajstić information content (AvgIpc) is 2.79. The molecule has 92 valence electrons. The number of nitrogens with two attached hydrogens (primary N) is 1. The van der Waals surface area contributed by atoms with Crippen LogP contribution in [-0.2, 0) is 0 Å². The molecule has 0 aliphatic rings. The third kappa shape index (κ3) is 2.51. The topological polar surface area (TPSA) is 38.0 Å². The average molecular weight is 248 g/mol. The summed E-state index contributed by atoms with van der Waals surface area (Å²) in [4.78, 5) is 0. The number of fused-ring (bicyclic) bond motifs is 1. The quantitative estimate of drug-likeness (QED) is 0.623. The summed E-state index contributed by atoms with van der Waals surface area (Å²) in [5.41, 5.74) is 4.33. The highest BCUT2D eigenvalue weighted by Crippen LogP contribution is 2.33. The maximum Gasteiger partial charge on any atom is 0.0499 e. The molecule has 3 heteroatoms. The van der Waals surface area contributed by atoms with Gasteiger partial charge >= 0.3 is 0 Å². The highest BCUT2D eigenvalue weighted by molar-refractivity contribution is 7.17. The molecule has 1 aromatic heterocycles. The van der Waals surface area contributed by atoms with Crippen LogP contribution in [0.25, 0.3) is 10.1 Å². The van der Waals surface area contributed by atoms with Crippen molar-refractivity contribution in [3.63, 3.8) is 0 Å². The summed E-state index contributed by atoms with van der Waals surface area (Å²) < 4.78 is 1.36. The molecule has 0 spiro atoms. The SMILES string of the molecule is CCCC(C)C(NN)c1cccc2ccsc12. The smallest absolute Gasteiger partial charge is 0.0499 e. The summed E-state index contributed by atoms with van der Waals surface area (Å²) in [5, 5.41) is 3.46. The summed E-state index contributed by atoms with van der Waals surface area (Å²) >= 11 is 1.80. The van der Waals surface area contributed by atoms with Gasteiger partial charge in [0.15, 0.2) is 0 Å². The molecule has 2 nitrogen and oxygen atoms in total. The van der Waals surface area contributed by atoms with Crippen molar-refractivity contribution in [2.24, 2.45) is 11.8 Å². The van der Waals surface area contributed by atoms with Crippen LogP contribution in [0.3, 0.4) is 0 Å². The van der Waals surface area contributed by atoms with Crippen LogP contribution in [0.5, 0.6) is 0 Å². The molecule has 2 rings (SSSR count). The predicted molar refractivity (Wildman–Crippen MR) is 76.0 cm³/mol. The van der Waals surface area contributed by atoms with Gasteiger partial charge in [0.2, 0.25) is 0 Å². The van der Waals surface area contributed by atoms with Gasteiger partial charge in [-0.2, -0.15) is 0 Å². The minimum absolute atomic E-state index is 0.248. The van der Waals surface area contributed by atoms with Crippen LogP contribution < -0.4 is 11.3 Å². The van der Waals surface area contributed by atoms with Gasteiger partial charge in [0.05, 0.1) is 0 Å². The van der Waals surface area contributed by atoms with Gasteiger partial charge in [-0.3, -0.25) is 11.3 Å². The lowest BCUT2D eigenvalue weighted by molar-refractivity contribution is 0.370. The molecule has 3 N–H and O–H groups in total. The Bertz CT molecular complexity index is 478. The fourth-order valence-corrected chi connectivity index (χ4v) is 3.40. The van der Waals surface area contributed by atoms with Crippen molar-refractivity contribution in [3.8, 4) is 0 Å². The Kier molecular flexibility index (Phi) is 4.15. The summed E-state index contributed by atoms with van der Waals surface area (Å²) in [6, 6.07) is 8.88. The fourth-order valence-electron chi connectivity index (χ4n) is 2.44. The Morgan fingerprint density at radius 1 is 1.35 bits per heavy atom. The summed E-state index contributed by atoms with van der Waals surface area (Å²) in [6.07, 6.45) is 2.39. The van der Waals surface area contributed by atoms with Crippen molar-refractivity contribution in [3.05, 3.63) is 35.2 Å². The molecule has 0 aliphatic carbocycles. The van der Waals surface area contributed by atoms with Crippen LogP contribution in [0.4, 0.5) is 0 Å². The molecule has 2 unspecified atom stereocenters. The van der Waals surface area contributed by atoms with Crippen molar-refractivity contribution in [2.45, 2.75) is 32.7 Å². The Hall–Kier alpha value is -0.900. The van der Waals surface area contributed by atoms with E-state index in [1.165, 1.54) is 28.5 Å². The largest absolute Gasteiger partial charge is 0.271 e. The Morgan fingerprint density at radius 2 is 2.18 bits per heavy atom. The first kappa shape index (κ1) is 12.6. The van der Waals surface area contributed by atoms with Crippen molar-refractivity contribution in [1.29, 1.82) is 0 Å². The lowest BCUT2D eigenvalue weighted by Gasteiger charge is -2.23.